The Morgan fingerprint density at radius 1 is 1.14 bits per heavy atom. The zero-order valence-corrected chi connectivity index (χ0v) is 16.7. The molecule has 29 heavy (non-hydrogen) atoms. The van der Waals surface area contributed by atoms with E-state index in [0.717, 1.165) is 19.5 Å². The summed E-state index contributed by atoms with van der Waals surface area (Å²) >= 11 is 0. The molecule has 5 rings (SSSR count). The molecule has 152 valence electrons. The summed E-state index contributed by atoms with van der Waals surface area (Å²) in [5.74, 6) is 0.960. The largest absolute Gasteiger partial charge is 0.337 e. The van der Waals surface area contributed by atoms with E-state index >= 15 is 0 Å². The van der Waals surface area contributed by atoms with Crippen LogP contribution in [0.2, 0.25) is 0 Å². The lowest BCUT2D eigenvalue weighted by Crippen LogP contribution is -2.64. The molecule has 3 aliphatic heterocycles. The first-order chi connectivity index (χ1) is 14.2. The first-order valence-corrected chi connectivity index (χ1v) is 10.8. The molecule has 3 fully saturated rings. The minimum atomic E-state index is -0.280. The smallest absolute Gasteiger partial charge is 0.273 e. The number of hydrogen-bond acceptors (Lipinski definition) is 4. The van der Waals surface area contributed by atoms with E-state index in [1.54, 1.807) is 0 Å². The highest BCUT2D eigenvalue weighted by Crippen LogP contribution is 2.42. The topological polar surface area (TPSA) is 69.3 Å². The molecule has 0 aliphatic carbocycles. The summed E-state index contributed by atoms with van der Waals surface area (Å²) in [6, 6.07) is 11.8. The number of fused-ring (bicyclic) bond motifs is 4. The van der Waals surface area contributed by atoms with E-state index in [2.05, 4.69) is 45.2 Å². The number of aromatic nitrogens is 2. The SMILES string of the molecule is O=C(c1c[nH]c(=O)cn1)N1C[C@H]2C[C@@H](C1)[C@H](Cc1ccccc1)N1CCCC[C@@H]21. The number of piperidine rings is 3. The number of carbonyl (C=O) groups is 1. The monoisotopic (exact) mass is 392 g/mol. The summed E-state index contributed by atoms with van der Waals surface area (Å²) in [6.07, 6.45) is 8.71. The third-order valence-corrected chi connectivity index (χ3v) is 7.09. The number of carbonyl (C=O) groups excluding carboxylic acids is 1. The van der Waals surface area contributed by atoms with Crippen molar-refractivity contribution in [1.82, 2.24) is 19.8 Å². The molecule has 0 radical (unpaired) electrons. The van der Waals surface area contributed by atoms with Crippen molar-refractivity contribution in [2.45, 2.75) is 44.2 Å². The summed E-state index contributed by atoms with van der Waals surface area (Å²) < 4.78 is 0. The molecule has 0 spiro atoms. The summed E-state index contributed by atoms with van der Waals surface area (Å²) in [6.45, 7) is 2.76. The van der Waals surface area contributed by atoms with Gasteiger partial charge < -0.3 is 9.88 Å². The molecule has 4 atom stereocenters. The van der Waals surface area contributed by atoms with Crippen LogP contribution < -0.4 is 5.56 Å². The maximum atomic E-state index is 13.1. The fourth-order valence-corrected chi connectivity index (χ4v) is 5.83. The van der Waals surface area contributed by atoms with Crippen molar-refractivity contribution < 1.29 is 4.79 Å². The molecule has 0 unspecified atom stereocenters. The summed E-state index contributed by atoms with van der Waals surface area (Å²) in [4.78, 5) is 35.8. The van der Waals surface area contributed by atoms with Crippen molar-refractivity contribution >= 4 is 5.91 Å². The Morgan fingerprint density at radius 3 is 2.76 bits per heavy atom. The fourth-order valence-electron chi connectivity index (χ4n) is 5.83. The Labute approximate surface area is 170 Å². The molecule has 2 aromatic rings. The van der Waals surface area contributed by atoms with Gasteiger partial charge in [-0.05, 0) is 49.6 Å². The predicted molar refractivity (Wildman–Crippen MR) is 111 cm³/mol. The van der Waals surface area contributed by atoms with E-state index in [4.69, 9.17) is 0 Å². The van der Waals surface area contributed by atoms with Crippen LogP contribution in [0.25, 0.3) is 0 Å². The van der Waals surface area contributed by atoms with Crippen LogP contribution >= 0.6 is 0 Å². The summed E-state index contributed by atoms with van der Waals surface area (Å²) in [5.41, 5.74) is 1.44. The molecule has 1 N–H and O–H groups in total. The average Bonchev–Trinajstić information content (AvgIpc) is 2.77. The van der Waals surface area contributed by atoms with Gasteiger partial charge in [-0.2, -0.15) is 0 Å². The first-order valence-electron chi connectivity index (χ1n) is 10.8. The normalized spacial score (nSPS) is 29.3. The lowest BCUT2D eigenvalue weighted by Gasteiger charge is -2.57. The van der Waals surface area contributed by atoms with Crippen molar-refractivity contribution in [3.05, 3.63) is 64.3 Å². The van der Waals surface area contributed by atoms with Crippen LogP contribution in [0.15, 0.2) is 47.5 Å². The number of rotatable bonds is 3. The van der Waals surface area contributed by atoms with E-state index in [9.17, 15) is 9.59 Å². The molecule has 4 heterocycles. The van der Waals surface area contributed by atoms with Crippen LogP contribution in [0.5, 0.6) is 0 Å². The van der Waals surface area contributed by atoms with Gasteiger partial charge in [-0.25, -0.2) is 4.98 Å². The minimum Gasteiger partial charge on any atom is -0.337 e. The number of nitrogens with zero attached hydrogens (tertiary/aromatic N) is 3. The van der Waals surface area contributed by atoms with Crippen molar-refractivity contribution in [2.24, 2.45) is 11.8 Å². The van der Waals surface area contributed by atoms with Crippen LogP contribution in [-0.4, -0.2) is 57.4 Å². The van der Waals surface area contributed by atoms with Crippen molar-refractivity contribution in [2.75, 3.05) is 19.6 Å². The summed E-state index contributed by atoms with van der Waals surface area (Å²) in [7, 11) is 0. The second-order valence-electron chi connectivity index (χ2n) is 8.82. The van der Waals surface area contributed by atoms with Gasteiger partial charge in [0.05, 0.1) is 6.20 Å². The van der Waals surface area contributed by atoms with Crippen molar-refractivity contribution in [3.63, 3.8) is 0 Å². The van der Waals surface area contributed by atoms with Gasteiger partial charge in [0.15, 0.2) is 0 Å². The lowest BCUT2D eigenvalue weighted by molar-refractivity contribution is -0.0643. The van der Waals surface area contributed by atoms with E-state index in [-0.39, 0.29) is 11.5 Å². The maximum absolute atomic E-state index is 13.1. The average molecular weight is 393 g/mol. The van der Waals surface area contributed by atoms with Gasteiger partial charge in [0.1, 0.15) is 5.69 Å². The number of nitrogens with one attached hydrogen (secondary N) is 1. The van der Waals surface area contributed by atoms with Crippen LogP contribution in [0, 0.1) is 11.8 Å². The zero-order valence-electron chi connectivity index (χ0n) is 16.7. The standard InChI is InChI=1S/C23H28N4O2/c28-22-13-24-19(12-25-22)23(29)26-14-17-11-18(15-26)21(10-16-6-2-1-3-7-16)27-9-5-4-8-20(17)27/h1-3,6-7,12-13,17-18,20-21H,4-5,8-11,14-15H2,(H,25,28)/t17-,18+,20+,21+/m1/s1. The fraction of sp³-hybridized carbons (Fsp3) is 0.522. The Kier molecular flexibility index (Phi) is 4.96. The first kappa shape index (κ1) is 18.6. The second kappa shape index (κ2) is 7.75. The van der Waals surface area contributed by atoms with Gasteiger partial charge in [0, 0.05) is 31.4 Å². The molecular weight excluding hydrogens is 364 g/mol. The van der Waals surface area contributed by atoms with E-state index in [1.807, 2.05) is 4.90 Å². The molecule has 1 aromatic carbocycles. The van der Waals surface area contributed by atoms with E-state index < -0.39 is 0 Å². The molecular formula is C23H28N4O2. The van der Waals surface area contributed by atoms with Gasteiger partial charge in [0.2, 0.25) is 0 Å². The van der Waals surface area contributed by atoms with Crippen LogP contribution in [0.1, 0.15) is 41.7 Å². The highest BCUT2D eigenvalue weighted by atomic mass is 16.2. The molecule has 6 heteroatoms. The van der Waals surface area contributed by atoms with Gasteiger partial charge in [-0.3, -0.25) is 14.5 Å². The summed E-state index contributed by atoms with van der Waals surface area (Å²) in [5, 5.41) is 0. The number of aromatic amines is 1. The van der Waals surface area contributed by atoms with Crippen LogP contribution in [-0.2, 0) is 6.42 Å². The number of H-pyrrole nitrogens is 1. The van der Waals surface area contributed by atoms with Gasteiger partial charge in [-0.1, -0.05) is 36.8 Å². The highest BCUT2D eigenvalue weighted by Gasteiger charge is 2.47. The number of amides is 1. The number of hydrogen-bond donors (Lipinski definition) is 1. The highest BCUT2D eigenvalue weighted by molar-refractivity contribution is 5.92. The molecule has 1 amide bonds. The van der Waals surface area contributed by atoms with Crippen molar-refractivity contribution in [3.8, 4) is 0 Å². The number of benzene rings is 1. The van der Waals surface area contributed by atoms with E-state index in [0.29, 0.717) is 29.6 Å². The third-order valence-electron chi connectivity index (χ3n) is 7.09. The molecule has 1 aromatic heterocycles. The molecule has 3 aliphatic rings. The Morgan fingerprint density at radius 2 is 1.97 bits per heavy atom. The van der Waals surface area contributed by atoms with Crippen LogP contribution in [0.4, 0.5) is 0 Å². The van der Waals surface area contributed by atoms with Gasteiger partial charge >= 0.3 is 0 Å². The zero-order chi connectivity index (χ0) is 19.8. The molecule has 2 bridgehead atoms. The molecule has 0 saturated carbocycles. The Hall–Kier alpha value is -2.47. The minimum absolute atomic E-state index is 0.0568. The third kappa shape index (κ3) is 3.62. The molecule has 6 nitrogen and oxygen atoms in total. The van der Waals surface area contributed by atoms with Crippen LogP contribution in [0.3, 0.4) is 0 Å². The van der Waals surface area contributed by atoms with E-state index in [1.165, 1.54) is 50.2 Å². The van der Waals surface area contributed by atoms with Crippen molar-refractivity contribution in [1.29, 1.82) is 0 Å². The quantitative estimate of drug-likeness (QED) is 0.870. The Bertz CT molecular complexity index is 907. The lowest BCUT2D eigenvalue weighted by atomic mass is 9.71. The number of likely N-dealkylation sites (tertiary alicyclic amines) is 1. The Balaban J connectivity index is 1.41. The van der Waals surface area contributed by atoms with Gasteiger partial charge in [0.25, 0.3) is 11.5 Å². The predicted octanol–water partition coefficient (Wildman–Crippen LogP) is 2.33. The second-order valence-corrected chi connectivity index (χ2v) is 8.82. The van der Waals surface area contributed by atoms with Gasteiger partial charge in [-0.15, -0.1) is 0 Å². The molecule has 3 saturated heterocycles. The maximum Gasteiger partial charge on any atom is 0.273 e.